The maximum atomic E-state index is 5.21. The van der Waals surface area contributed by atoms with Gasteiger partial charge in [0.05, 0.1) is 0 Å². The Labute approximate surface area is 67.7 Å². The van der Waals surface area contributed by atoms with Gasteiger partial charge >= 0.3 is 67.8 Å². The van der Waals surface area contributed by atoms with Gasteiger partial charge in [0, 0.05) is 0 Å². The van der Waals surface area contributed by atoms with E-state index in [-0.39, 0.29) is 0 Å². The second-order valence-electron chi connectivity index (χ2n) is 1.87. The Morgan fingerprint density at radius 1 is 1.22 bits per heavy atom. The van der Waals surface area contributed by atoms with Gasteiger partial charge in [-0.3, -0.25) is 0 Å². The molecule has 1 heteroatoms. The van der Waals surface area contributed by atoms with Crippen molar-refractivity contribution in [1.82, 2.24) is 0 Å². The summed E-state index contributed by atoms with van der Waals surface area (Å²) < 4.78 is 4.24. The normalized spacial score (nSPS) is 7.44. The average Bonchev–Trinajstić information content (AvgIpc) is 1.91. The number of rotatable bonds is 1. The van der Waals surface area contributed by atoms with Crippen LogP contribution in [-0.2, 0) is 24.6 Å². The van der Waals surface area contributed by atoms with E-state index in [4.69, 9.17) is 6.42 Å². The predicted molar refractivity (Wildman–Crippen MR) is 34.9 cm³/mol. The van der Waals surface area contributed by atoms with Gasteiger partial charge in [-0.25, -0.2) is 0 Å². The van der Waals surface area contributed by atoms with Crippen molar-refractivity contribution in [2.45, 2.75) is 0 Å². The van der Waals surface area contributed by atoms with Gasteiger partial charge in [0.15, 0.2) is 0 Å². The van der Waals surface area contributed by atoms with E-state index in [2.05, 4.69) is 15.6 Å². The Kier molecular flexibility index (Phi) is 2.80. The zero-order valence-corrected chi connectivity index (χ0v) is 10.7. The first-order valence-electron chi connectivity index (χ1n) is 2.91. The fourth-order valence-electron chi connectivity index (χ4n) is 0.714. The van der Waals surface area contributed by atoms with Crippen LogP contribution in [-0.4, -0.2) is 0 Å². The number of hydrogen-bond donors (Lipinski definition) is 0. The van der Waals surface area contributed by atoms with Crippen LogP contribution in [0.4, 0.5) is 0 Å². The van der Waals surface area contributed by atoms with E-state index in [9.17, 15) is 0 Å². The molecule has 1 aromatic carbocycles. The molecule has 0 unspecified atom stereocenters. The van der Waals surface area contributed by atoms with Gasteiger partial charge in [0.25, 0.3) is 0 Å². The van der Waals surface area contributed by atoms with E-state index in [1.165, 1.54) is 3.07 Å². The summed E-state index contributed by atoms with van der Waals surface area (Å²) in [5.74, 6) is 0. The van der Waals surface area contributed by atoms with Gasteiger partial charge in [-0.05, 0) is 0 Å². The van der Waals surface area contributed by atoms with E-state index in [1.807, 2.05) is 18.2 Å². The van der Waals surface area contributed by atoms with Crippen LogP contribution in [0.3, 0.4) is 0 Å². The molecule has 0 atom stereocenters. The second kappa shape index (κ2) is 3.69. The average molecular weight is 303 g/mol. The van der Waals surface area contributed by atoms with Gasteiger partial charge in [-0.15, -0.1) is 0 Å². The van der Waals surface area contributed by atoms with Gasteiger partial charge in [-0.1, -0.05) is 0 Å². The van der Waals surface area contributed by atoms with E-state index < -0.39 is 24.6 Å². The van der Waals surface area contributed by atoms with Gasteiger partial charge in [0.2, 0.25) is 0 Å². The van der Waals surface area contributed by atoms with E-state index in [0.29, 0.717) is 0 Å². The summed E-state index contributed by atoms with van der Waals surface area (Å²) in [6.07, 6.45) is 5.21. The third kappa shape index (κ3) is 2.19. The van der Waals surface area contributed by atoms with Crippen molar-refractivity contribution in [1.29, 1.82) is 0 Å². The van der Waals surface area contributed by atoms with Crippen LogP contribution in [0.25, 0.3) is 0 Å². The summed E-state index contributed by atoms with van der Waals surface area (Å²) in [7, 11) is 0. The van der Waals surface area contributed by atoms with Crippen LogP contribution in [0.1, 0.15) is 0 Å². The topological polar surface area (TPSA) is 0 Å². The van der Waals surface area contributed by atoms with Crippen molar-refractivity contribution < 1.29 is 24.6 Å². The minimum atomic E-state index is -1.04. The summed E-state index contributed by atoms with van der Waals surface area (Å²) in [5, 5.41) is 0. The van der Waals surface area contributed by atoms with E-state index in [1.54, 1.807) is 0 Å². The molecule has 0 amide bonds. The minimum absolute atomic E-state index is 1.04. The molecule has 0 aliphatic rings. The third-order valence-electron chi connectivity index (χ3n) is 1.15. The maximum absolute atomic E-state index is 5.21. The number of benzene rings is 1. The molecule has 40 valence electrons. The standard InChI is InChI=1S/C6H5.C2H.Hg/c1-2-4-6-5-3-1;1-2;/h1-5H;1H;. The van der Waals surface area contributed by atoms with Crippen molar-refractivity contribution in [2.24, 2.45) is 0 Å². The van der Waals surface area contributed by atoms with Crippen LogP contribution in [0, 0.1) is 9.85 Å². The summed E-state index contributed by atoms with van der Waals surface area (Å²) >= 11 is -1.04. The third-order valence-corrected chi connectivity index (χ3v) is 5.36. The second-order valence-corrected chi connectivity index (χ2v) is 8.00. The molecule has 0 N–H and O–H groups in total. The zero-order valence-electron chi connectivity index (χ0n) is 5.17. The Hall–Kier alpha value is -0.285. The number of hydrogen-bond acceptors (Lipinski definition) is 0. The molecule has 1 aromatic rings. The summed E-state index contributed by atoms with van der Waals surface area (Å²) in [5.41, 5.74) is 0. The molecule has 0 saturated heterocycles. The molecule has 0 aliphatic heterocycles. The fourth-order valence-corrected chi connectivity index (χ4v) is 3.60. The van der Waals surface area contributed by atoms with Crippen LogP contribution < -0.4 is 3.07 Å². The molecule has 0 aromatic heterocycles. The van der Waals surface area contributed by atoms with Crippen LogP contribution >= 0.6 is 0 Å². The summed E-state index contributed by atoms with van der Waals surface area (Å²) in [6, 6.07) is 10.4. The van der Waals surface area contributed by atoms with Crippen LogP contribution in [0.2, 0.25) is 0 Å². The summed E-state index contributed by atoms with van der Waals surface area (Å²) in [4.78, 5) is 0. The molecular formula is C8H6Hg. The van der Waals surface area contributed by atoms with E-state index >= 15 is 0 Å². The first-order chi connectivity index (χ1) is 4.43. The first-order valence-corrected chi connectivity index (χ1v) is 8.40. The Morgan fingerprint density at radius 3 is 2.44 bits per heavy atom. The zero-order chi connectivity index (χ0) is 6.53. The molecule has 0 radical (unpaired) electrons. The Balaban J connectivity index is 2.76. The van der Waals surface area contributed by atoms with Crippen molar-refractivity contribution in [3.8, 4) is 9.85 Å². The molecule has 0 nitrogen and oxygen atoms in total. The summed E-state index contributed by atoms with van der Waals surface area (Å²) in [6.45, 7) is 0. The number of terminal acetylenes is 1. The van der Waals surface area contributed by atoms with Crippen molar-refractivity contribution >= 4 is 3.07 Å². The van der Waals surface area contributed by atoms with Gasteiger partial charge in [-0.2, -0.15) is 0 Å². The molecule has 1 rings (SSSR count). The molecule has 0 saturated carbocycles. The molecule has 0 fully saturated rings. The van der Waals surface area contributed by atoms with Crippen molar-refractivity contribution in [3.05, 3.63) is 30.3 Å². The van der Waals surface area contributed by atoms with Crippen molar-refractivity contribution in [3.63, 3.8) is 0 Å². The van der Waals surface area contributed by atoms with Gasteiger partial charge in [0.1, 0.15) is 0 Å². The monoisotopic (exact) mass is 304 g/mol. The quantitative estimate of drug-likeness (QED) is 0.536. The van der Waals surface area contributed by atoms with Gasteiger partial charge < -0.3 is 0 Å². The molecule has 0 aliphatic carbocycles. The Morgan fingerprint density at radius 2 is 1.89 bits per heavy atom. The van der Waals surface area contributed by atoms with Crippen LogP contribution in [0.5, 0.6) is 0 Å². The fraction of sp³-hybridized carbons (Fsp3) is 0. The molecule has 0 bridgehead atoms. The predicted octanol–water partition coefficient (Wildman–Crippen LogP) is 0.985. The SMILES string of the molecule is C#[C][Hg][c]1ccccc1. The molecular weight excluding hydrogens is 297 g/mol. The molecule has 0 spiro atoms. The first kappa shape index (κ1) is 6.83. The van der Waals surface area contributed by atoms with Crippen molar-refractivity contribution in [2.75, 3.05) is 0 Å². The molecule has 9 heavy (non-hydrogen) atoms. The Bertz CT molecular complexity index is 208. The molecule has 0 heterocycles. The van der Waals surface area contributed by atoms with Crippen LogP contribution in [0.15, 0.2) is 30.3 Å². The van der Waals surface area contributed by atoms with E-state index in [0.717, 1.165) is 0 Å².